The molecule has 0 spiro atoms. The lowest BCUT2D eigenvalue weighted by Gasteiger charge is -2.13. The van der Waals surface area contributed by atoms with Crippen molar-refractivity contribution in [2.75, 3.05) is 30.0 Å². The molecule has 140 valence electrons. The summed E-state index contributed by atoms with van der Waals surface area (Å²) in [6.07, 6.45) is 0. The van der Waals surface area contributed by atoms with Crippen molar-refractivity contribution in [3.05, 3.63) is 59.7 Å². The number of carbonyl (C=O) groups excluding carboxylic acids is 3. The lowest BCUT2D eigenvalue weighted by molar-refractivity contribution is -0.113. The third-order valence-electron chi connectivity index (χ3n) is 4.02. The SMILES string of the molecule is CCOc1ccc(NC(=O)CSCCN2C(=O)c3ccccc3C2=O)cc1. The van der Waals surface area contributed by atoms with E-state index in [0.29, 0.717) is 29.2 Å². The number of rotatable bonds is 8. The normalized spacial score (nSPS) is 12.9. The molecule has 1 N–H and O–H groups in total. The van der Waals surface area contributed by atoms with Gasteiger partial charge in [0.2, 0.25) is 5.91 Å². The first-order chi connectivity index (χ1) is 13.1. The van der Waals surface area contributed by atoms with Crippen molar-refractivity contribution in [2.45, 2.75) is 6.92 Å². The molecule has 0 aromatic heterocycles. The Balaban J connectivity index is 1.42. The van der Waals surface area contributed by atoms with Crippen molar-refractivity contribution in [3.63, 3.8) is 0 Å². The molecule has 1 aliphatic heterocycles. The summed E-state index contributed by atoms with van der Waals surface area (Å²) in [5.41, 5.74) is 1.59. The first-order valence-corrected chi connectivity index (χ1v) is 9.81. The number of ether oxygens (including phenoxy) is 1. The molecule has 7 heteroatoms. The van der Waals surface area contributed by atoms with Crippen LogP contribution in [0.2, 0.25) is 0 Å². The third kappa shape index (κ3) is 4.49. The fraction of sp³-hybridized carbons (Fsp3) is 0.250. The lowest BCUT2D eigenvalue weighted by Crippen LogP contribution is -2.32. The van der Waals surface area contributed by atoms with Crippen LogP contribution in [0.25, 0.3) is 0 Å². The van der Waals surface area contributed by atoms with E-state index in [0.717, 1.165) is 5.75 Å². The Morgan fingerprint density at radius 3 is 2.26 bits per heavy atom. The molecule has 0 unspecified atom stereocenters. The number of hydrogen-bond donors (Lipinski definition) is 1. The summed E-state index contributed by atoms with van der Waals surface area (Å²) in [6, 6.07) is 14.0. The Labute approximate surface area is 161 Å². The minimum atomic E-state index is -0.268. The topological polar surface area (TPSA) is 75.7 Å². The highest BCUT2D eigenvalue weighted by Gasteiger charge is 2.34. The van der Waals surface area contributed by atoms with Crippen LogP contribution in [0.5, 0.6) is 5.75 Å². The third-order valence-corrected chi connectivity index (χ3v) is 4.96. The molecule has 0 saturated carbocycles. The number of anilines is 1. The number of benzene rings is 2. The highest BCUT2D eigenvalue weighted by Crippen LogP contribution is 2.22. The summed E-state index contributed by atoms with van der Waals surface area (Å²) in [7, 11) is 0. The largest absolute Gasteiger partial charge is 0.494 e. The van der Waals surface area contributed by atoms with Crippen LogP contribution in [0.3, 0.4) is 0 Å². The average molecular weight is 384 g/mol. The maximum atomic E-state index is 12.3. The highest BCUT2D eigenvalue weighted by molar-refractivity contribution is 7.99. The first-order valence-electron chi connectivity index (χ1n) is 8.66. The van der Waals surface area contributed by atoms with Gasteiger partial charge in [-0.15, -0.1) is 0 Å². The van der Waals surface area contributed by atoms with E-state index in [2.05, 4.69) is 5.32 Å². The van der Waals surface area contributed by atoms with E-state index in [1.165, 1.54) is 16.7 Å². The van der Waals surface area contributed by atoms with Crippen LogP contribution in [-0.4, -0.2) is 47.3 Å². The smallest absolute Gasteiger partial charge is 0.261 e. The van der Waals surface area contributed by atoms with E-state index in [-0.39, 0.29) is 30.0 Å². The summed E-state index contributed by atoms with van der Waals surface area (Å²) in [5, 5.41) is 2.81. The molecule has 1 aliphatic rings. The monoisotopic (exact) mass is 384 g/mol. The number of amides is 3. The van der Waals surface area contributed by atoms with Crippen LogP contribution in [-0.2, 0) is 4.79 Å². The van der Waals surface area contributed by atoms with Gasteiger partial charge in [0.1, 0.15) is 5.75 Å². The quantitative estimate of drug-likeness (QED) is 0.559. The van der Waals surface area contributed by atoms with Crippen molar-refractivity contribution < 1.29 is 19.1 Å². The molecule has 0 radical (unpaired) electrons. The number of fused-ring (bicyclic) bond motifs is 1. The molecule has 2 aromatic rings. The number of nitrogens with one attached hydrogen (secondary N) is 1. The molecule has 0 saturated heterocycles. The van der Waals surface area contributed by atoms with Gasteiger partial charge in [-0.1, -0.05) is 12.1 Å². The van der Waals surface area contributed by atoms with Crippen LogP contribution in [0.4, 0.5) is 5.69 Å². The van der Waals surface area contributed by atoms with Gasteiger partial charge < -0.3 is 10.1 Å². The molecule has 3 rings (SSSR count). The van der Waals surface area contributed by atoms with Crippen molar-refractivity contribution in [3.8, 4) is 5.75 Å². The van der Waals surface area contributed by atoms with Crippen LogP contribution >= 0.6 is 11.8 Å². The van der Waals surface area contributed by atoms with E-state index in [1.807, 2.05) is 6.92 Å². The van der Waals surface area contributed by atoms with E-state index < -0.39 is 0 Å². The van der Waals surface area contributed by atoms with Gasteiger partial charge in [-0.3, -0.25) is 19.3 Å². The summed E-state index contributed by atoms with van der Waals surface area (Å²) in [4.78, 5) is 37.8. The van der Waals surface area contributed by atoms with Crippen molar-refractivity contribution in [1.82, 2.24) is 4.90 Å². The summed E-state index contributed by atoms with van der Waals surface area (Å²) >= 11 is 1.38. The lowest BCUT2D eigenvalue weighted by atomic mass is 10.1. The second kappa shape index (κ2) is 8.73. The predicted octanol–water partition coefficient (Wildman–Crippen LogP) is 3.05. The van der Waals surface area contributed by atoms with Gasteiger partial charge in [0.15, 0.2) is 0 Å². The number of imide groups is 1. The van der Waals surface area contributed by atoms with Crippen LogP contribution in [0, 0.1) is 0 Å². The molecule has 0 atom stereocenters. The molecule has 0 bridgehead atoms. The molecule has 2 aromatic carbocycles. The molecular weight excluding hydrogens is 364 g/mol. The summed E-state index contributed by atoms with van der Waals surface area (Å²) in [5.74, 6) is 0.834. The van der Waals surface area contributed by atoms with E-state index in [9.17, 15) is 14.4 Å². The van der Waals surface area contributed by atoms with Gasteiger partial charge in [-0.2, -0.15) is 11.8 Å². The van der Waals surface area contributed by atoms with Crippen LogP contribution in [0.15, 0.2) is 48.5 Å². The highest BCUT2D eigenvalue weighted by atomic mass is 32.2. The molecule has 3 amide bonds. The minimum absolute atomic E-state index is 0.133. The molecule has 0 aliphatic carbocycles. The molecule has 6 nitrogen and oxygen atoms in total. The second-order valence-corrected chi connectivity index (χ2v) is 6.97. The van der Waals surface area contributed by atoms with Gasteiger partial charge in [0.25, 0.3) is 11.8 Å². The molecule has 1 heterocycles. The Bertz CT molecular complexity index is 816. The fourth-order valence-corrected chi connectivity index (χ4v) is 3.47. The first kappa shape index (κ1) is 19.0. The average Bonchev–Trinajstić information content (AvgIpc) is 2.92. The van der Waals surface area contributed by atoms with E-state index in [1.54, 1.807) is 48.5 Å². The number of thioether (sulfide) groups is 1. The fourth-order valence-electron chi connectivity index (χ4n) is 2.76. The van der Waals surface area contributed by atoms with Gasteiger partial charge >= 0.3 is 0 Å². The van der Waals surface area contributed by atoms with Crippen molar-refractivity contribution in [2.24, 2.45) is 0 Å². The number of nitrogens with zero attached hydrogens (tertiary/aromatic N) is 1. The zero-order valence-corrected chi connectivity index (χ0v) is 15.8. The Hall–Kier alpha value is -2.80. The maximum absolute atomic E-state index is 12.3. The van der Waals surface area contributed by atoms with E-state index >= 15 is 0 Å². The van der Waals surface area contributed by atoms with Gasteiger partial charge in [-0.05, 0) is 43.3 Å². The Morgan fingerprint density at radius 2 is 1.67 bits per heavy atom. The molecule has 0 fully saturated rings. The zero-order valence-electron chi connectivity index (χ0n) is 14.9. The van der Waals surface area contributed by atoms with Gasteiger partial charge in [-0.25, -0.2) is 0 Å². The zero-order chi connectivity index (χ0) is 19.2. The minimum Gasteiger partial charge on any atom is -0.494 e. The van der Waals surface area contributed by atoms with E-state index in [4.69, 9.17) is 4.74 Å². The van der Waals surface area contributed by atoms with Crippen LogP contribution < -0.4 is 10.1 Å². The molecule has 27 heavy (non-hydrogen) atoms. The Morgan fingerprint density at radius 1 is 1.04 bits per heavy atom. The standard InChI is InChI=1S/C20H20N2O4S/c1-2-26-15-9-7-14(8-10-15)21-18(23)13-27-12-11-22-19(24)16-5-3-4-6-17(16)20(22)25/h3-10H,2,11-13H2,1H3,(H,21,23). The van der Waals surface area contributed by atoms with Crippen molar-refractivity contribution in [1.29, 1.82) is 0 Å². The second-order valence-electron chi connectivity index (χ2n) is 5.87. The summed E-state index contributed by atoms with van der Waals surface area (Å²) < 4.78 is 5.36. The maximum Gasteiger partial charge on any atom is 0.261 e. The molecular formula is C20H20N2O4S. The Kier molecular flexibility index (Phi) is 6.13. The van der Waals surface area contributed by atoms with Gasteiger partial charge in [0.05, 0.1) is 23.5 Å². The summed E-state index contributed by atoms with van der Waals surface area (Å²) in [6.45, 7) is 2.79. The number of carbonyl (C=O) groups is 3. The number of hydrogen-bond acceptors (Lipinski definition) is 5. The predicted molar refractivity (Wildman–Crippen MR) is 105 cm³/mol. The van der Waals surface area contributed by atoms with Gasteiger partial charge in [0, 0.05) is 18.0 Å². The van der Waals surface area contributed by atoms with Crippen LogP contribution in [0.1, 0.15) is 27.6 Å². The van der Waals surface area contributed by atoms with Crippen molar-refractivity contribution >= 4 is 35.2 Å².